The van der Waals surface area contributed by atoms with E-state index in [2.05, 4.69) is 4.74 Å². The van der Waals surface area contributed by atoms with Crippen molar-refractivity contribution in [3.63, 3.8) is 0 Å². The van der Waals surface area contributed by atoms with Gasteiger partial charge in [-0.3, -0.25) is 4.79 Å². The average molecular weight is 302 g/mol. The molecule has 1 atom stereocenters. The molecular formula is C15H20F2O4. The third kappa shape index (κ3) is 4.39. The molecule has 1 aromatic carbocycles. The van der Waals surface area contributed by atoms with E-state index in [0.29, 0.717) is 6.42 Å². The maximum Gasteiger partial charge on any atom is 0.387 e. The van der Waals surface area contributed by atoms with E-state index in [9.17, 15) is 18.7 Å². The number of aryl methyl sites for hydroxylation is 1. The molecule has 2 N–H and O–H groups in total. The number of carboxylic acid groups (broad SMARTS) is 1. The predicted molar refractivity (Wildman–Crippen MR) is 73.4 cm³/mol. The standard InChI is InChI=1S/C15H20F2O4/c1-14(2,12(18)19)15(3,20)9-8-10-4-6-11(7-5-10)21-13(16)17/h4-7,13,20H,8-9H2,1-3H3,(H,18,19). The molecule has 1 rings (SSSR count). The first-order chi connectivity index (χ1) is 9.56. The molecule has 6 heteroatoms. The second-order valence-electron chi connectivity index (χ2n) is 5.73. The third-order valence-electron chi connectivity index (χ3n) is 3.93. The topological polar surface area (TPSA) is 66.8 Å². The van der Waals surface area contributed by atoms with Gasteiger partial charge in [0.05, 0.1) is 11.0 Å². The zero-order chi connectivity index (χ0) is 16.3. The monoisotopic (exact) mass is 302 g/mol. The molecule has 0 aliphatic heterocycles. The van der Waals surface area contributed by atoms with E-state index in [1.165, 1.54) is 32.9 Å². The van der Waals surface area contributed by atoms with Crippen LogP contribution in [0, 0.1) is 5.41 Å². The zero-order valence-electron chi connectivity index (χ0n) is 12.3. The Labute approximate surface area is 122 Å². The molecule has 0 saturated carbocycles. The molecule has 0 amide bonds. The number of benzene rings is 1. The number of rotatable bonds is 7. The Morgan fingerprint density at radius 1 is 1.24 bits per heavy atom. The summed E-state index contributed by atoms with van der Waals surface area (Å²) in [7, 11) is 0. The number of aliphatic hydroxyl groups is 1. The molecule has 4 nitrogen and oxygen atoms in total. The van der Waals surface area contributed by atoms with Gasteiger partial charge in [-0.1, -0.05) is 12.1 Å². The highest BCUT2D eigenvalue weighted by Crippen LogP contribution is 2.34. The number of ether oxygens (including phenoxy) is 1. The van der Waals surface area contributed by atoms with Crippen LogP contribution in [0.5, 0.6) is 5.75 Å². The Hall–Kier alpha value is -1.69. The highest BCUT2D eigenvalue weighted by molar-refractivity contribution is 5.75. The summed E-state index contributed by atoms with van der Waals surface area (Å²) in [6, 6.07) is 6.06. The molecule has 118 valence electrons. The van der Waals surface area contributed by atoms with E-state index in [1.54, 1.807) is 12.1 Å². The Bertz CT molecular complexity index is 481. The molecule has 0 bridgehead atoms. The molecule has 0 aliphatic rings. The van der Waals surface area contributed by atoms with E-state index in [-0.39, 0.29) is 12.2 Å². The quantitative estimate of drug-likeness (QED) is 0.812. The molecule has 21 heavy (non-hydrogen) atoms. The molecule has 0 spiro atoms. The van der Waals surface area contributed by atoms with Crippen LogP contribution >= 0.6 is 0 Å². The molecule has 0 aliphatic carbocycles. The summed E-state index contributed by atoms with van der Waals surface area (Å²) in [5.41, 5.74) is -1.87. The molecule has 0 fully saturated rings. The van der Waals surface area contributed by atoms with Crippen molar-refractivity contribution in [1.82, 2.24) is 0 Å². The van der Waals surface area contributed by atoms with Gasteiger partial charge < -0.3 is 14.9 Å². The van der Waals surface area contributed by atoms with Crippen LogP contribution in [0.15, 0.2) is 24.3 Å². The van der Waals surface area contributed by atoms with Crippen molar-refractivity contribution in [2.45, 2.75) is 45.8 Å². The Morgan fingerprint density at radius 2 is 1.76 bits per heavy atom. The van der Waals surface area contributed by atoms with Crippen LogP contribution in [-0.2, 0) is 11.2 Å². The van der Waals surface area contributed by atoms with Gasteiger partial charge in [0.25, 0.3) is 0 Å². The lowest BCUT2D eigenvalue weighted by Crippen LogP contribution is -2.47. The van der Waals surface area contributed by atoms with Crippen LogP contribution in [0.4, 0.5) is 8.78 Å². The number of hydrogen-bond donors (Lipinski definition) is 2. The summed E-state index contributed by atoms with van der Waals surface area (Å²) in [4.78, 5) is 11.2. The lowest BCUT2D eigenvalue weighted by molar-refractivity contribution is -0.163. The van der Waals surface area contributed by atoms with Crippen molar-refractivity contribution in [1.29, 1.82) is 0 Å². The van der Waals surface area contributed by atoms with Crippen molar-refractivity contribution in [2.75, 3.05) is 0 Å². The third-order valence-corrected chi connectivity index (χ3v) is 3.93. The summed E-state index contributed by atoms with van der Waals surface area (Å²) in [6.07, 6.45) is 0.667. The highest BCUT2D eigenvalue weighted by atomic mass is 19.3. The smallest absolute Gasteiger partial charge is 0.387 e. The SMILES string of the molecule is CC(O)(CCc1ccc(OC(F)F)cc1)C(C)(C)C(=O)O. The second-order valence-corrected chi connectivity index (χ2v) is 5.73. The summed E-state index contributed by atoms with van der Waals surface area (Å²) >= 11 is 0. The lowest BCUT2D eigenvalue weighted by Gasteiger charge is -2.36. The lowest BCUT2D eigenvalue weighted by atomic mass is 9.73. The summed E-state index contributed by atoms with van der Waals surface area (Å²) in [6.45, 7) is 1.55. The maximum atomic E-state index is 12.0. The Balaban J connectivity index is 2.68. The molecule has 0 aromatic heterocycles. The number of alkyl halides is 2. The summed E-state index contributed by atoms with van der Waals surface area (Å²) in [5, 5.41) is 19.5. The maximum absolute atomic E-state index is 12.0. The second kappa shape index (κ2) is 6.39. The van der Waals surface area contributed by atoms with E-state index in [4.69, 9.17) is 5.11 Å². The fourth-order valence-electron chi connectivity index (χ4n) is 1.77. The minimum Gasteiger partial charge on any atom is -0.481 e. The Morgan fingerprint density at radius 3 is 2.19 bits per heavy atom. The van der Waals surface area contributed by atoms with Crippen molar-refractivity contribution in [3.8, 4) is 5.75 Å². The molecule has 0 heterocycles. The van der Waals surface area contributed by atoms with Crippen LogP contribution in [0.1, 0.15) is 32.8 Å². The highest BCUT2D eigenvalue weighted by Gasteiger charge is 2.45. The van der Waals surface area contributed by atoms with Crippen molar-refractivity contribution < 1.29 is 28.5 Å². The largest absolute Gasteiger partial charge is 0.481 e. The van der Waals surface area contributed by atoms with Gasteiger partial charge in [-0.15, -0.1) is 0 Å². The fraction of sp³-hybridized carbons (Fsp3) is 0.533. The van der Waals surface area contributed by atoms with Crippen LogP contribution < -0.4 is 4.74 Å². The summed E-state index contributed by atoms with van der Waals surface area (Å²) < 4.78 is 28.3. The zero-order valence-corrected chi connectivity index (χ0v) is 12.3. The fourth-order valence-corrected chi connectivity index (χ4v) is 1.77. The molecule has 0 radical (unpaired) electrons. The molecule has 1 unspecified atom stereocenters. The van der Waals surface area contributed by atoms with Crippen molar-refractivity contribution in [3.05, 3.63) is 29.8 Å². The van der Waals surface area contributed by atoms with Crippen LogP contribution in [0.3, 0.4) is 0 Å². The number of carbonyl (C=O) groups is 1. The number of hydrogen-bond acceptors (Lipinski definition) is 3. The van der Waals surface area contributed by atoms with Crippen molar-refractivity contribution in [2.24, 2.45) is 5.41 Å². The van der Waals surface area contributed by atoms with Gasteiger partial charge >= 0.3 is 12.6 Å². The number of carboxylic acids is 1. The van der Waals surface area contributed by atoms with Gasteiger partial charge in [0.15, 0.2) is 0 Å². The van der Waals surface area contributed by atoms with Gasteiger partial charge in [0, 0.05) is 0 Å². The minimum atomic E-state index is -2.87. The van der Waals surface area contributed by atoms with Gasteiger partial charge in [0.2, 0.25) is 0 Å². The van der Waals surface area contributed by atoms with E-state index in [1.807, 2.05) is 0 Å². The molecule has 1 aromatic rings. The van der Waals surface area contributed by atoms with E-state index >= 15 is 0 Å². The van der Waals surface area contributed by atoms with Gasteiger partial charge in [0.1, 0.15) is 5.75 Å². The van der Waals surface area contributed by atoms with E-state index in [0.717, 1.165) is 5.56 Å². The number of aliphatic carboxylic acids is 1. The Kier molecular flexibility index (Phi) is 5.28. The van der Waals surface area contributed by atoms with Crippen LogP contribution in [0.25, 0.3) is 0 Å². The predicted octanol–water partition coefficient (Wildman–Crippen LogP) is 3.08. The first kappa shape index (κ1) is 17.4. The van der Waals surface area contributed by atoms with Crippen LogP contribution in [-0.4, -0.2) is 28.4 Å². The average Bonchev–Trinajstić information content (AvgIpc) is 2.37. The first-order valence-electron chi connectivity index (χ1n) is 6.56. The van der Waals surface area contributed by atoms with Gasteiger partial charge in [-0.25, -0.2) is 0 Å². The van der Waals surface area contributed by atoms with E-state index < -0.39 is 23.6 Å². The van der Waals surface area contributed by atoms with Crippen molar-refractivity contribution >= 4 is 5.97 Å². The molecule has 0 saturated heterocycles. The van der Waals surface area contributed by atoms with Gasteiger partial charge in [-0.05, 0) is 51.3 Å². The summed E-state index contributed by atoms with van der Waals surface area (Å²) in [5.74, 6) is -1.01. The first-order valence-corrected chi connectivity index (χ1v) is 6.56. The normalized spacial score (nSPS) is 14.8. The van der Waals surface area contributed by atoms with Crippen LogP contribution in [0.2, 0.25) is 0 Å². The molecular weight excluding hydrogens is 282 g/mol. The minimum absolute atomic E-state index is 0.0615. The number of halogens is 2. The van der Waals surface area contributed by atoms with Gasteiger partial charge in [-0.2, -0.15) is 8.78 Å².